The number of aromatic nitrogens is 2. The Hall–Kier alpha value is -1.96. The van der Waals surface area contributed by atoms with Gasteiger partial charge in [-0.3, -0.25) is 14.6 Å². The van der Waals surface area contributed by atoms with Crippen LogP contribution in [0.2, 0.25) is 0 Å². The van der Waals surface area contributed by atoms with Crippen LogP contribution >= 0.6 is 15.9 Å². The van der Waals surface area contributed by atoms with Crippen molar-refractivity contribution in [3.63, 3.8) is 0 Å². The lowest BCUT2D eigenvalue weighted by Gasteiger charge is -1.99. The van der Waals surface area contributed by atoms with Crippen LogP contribution in [0.3, 0.4) is 0 Å². The van der Waals surface area contributed by atoms with Gasteiger partial charge in [-0.1, -0.05) is 12.1 Å². The topological polar surface area (TPSA) is 78.4 Å². The van der Waals surface area contributed by atoms with Crippen molar-refractivity contribution in [1.82, 2.24) is 9.97 Å². The van der Waals surface area contributed by atoms with E-state index in [2.05, 4.69) is 25.9 Å². The number of nitrogens with zero attached hydrogens (tertiary/aromatic N) is 2. The number of carbonyl (C=O) groups excluding carboxylic acids is 2. The number of hydrogen-bond acceptors (Lipinski definition) is 6. The molecule has 6 nitrogen and oxygen atoms in total. The molecule has 0 N–H and O–H groups in total. The van der Waals surface area contributed by atoms with Gasteiger partial charge in [0.1, 0.15) is 16.1 Å². The van der Waals surface area contributed by atoms with Crippen molar-refractivity contribution in [3.05, 3.63) is 59.1 Å². The van der Waals surface area contributed by atoms with Crippen molar-refractivity contribution in [2.45, 2.75) is 33.6 Å². The van der Waals surface area contributed by atoms with Crippen LogP contribution in [-0.4, -0.2) is 48.0 Å². The van der Waals surface area contributed by atoms with E-state index < -0.39 is 0 Å². The van der Waals surface area contributed by atoms with Gasteiger partial charge < -0.3 is 9.47 Å². The lowest BCUT2D eigenvalue weighted by molar-refractivity contribution is -0.118. The van der Waals surface area contributed by atoms with E-state index in [0.717, 1.165) is 4.60 Å². The molecule has 154 valence electrons. The number of pyridine rings is 2. The van der Waals surface area contributed by atoms with E-state index >= 15 is 0 Å². The predicted octanol–water partition coefficient (Wildman–Crippen LogP) is 4.54. The molecule has 0 aliphatic heterocycles. The van der Waals surface area contributed by atoms with Crippen LogP contribution in [0.4, 0.5) is 0 Å². The van der Waals surface area contributed by atoms with E-state index in [1.165, 1.54) is 0 Å². The summed E-state index contributed by atoms with van der Waals surface area (Å²) in [6.07, 6.45) is 4.32. The summed E-state index contributed by atoms with van der Waals surface area (Å²) in [5, 5.41) is 0. The molecule has 0 aromatic carbocycles. The first-order chi connectivity index (χ1) is 13.5. The summed E-state index contributed by atoms with van der Waals surface area (Å²) >= 11 is 3.20. The number of halogens is 1. The summed E-state index contributed by atoms with van der Waals surface area (Å²) in [5.41, 5.74) is 0.516. The molecule has 2 heterocycles. The Morgan fingerprint density at radius 1 is 0.893 bits per heavy atom. The van der Waals surface area contributed by atoms with Gasteiger partial charge in [0.2, 0.25) is 0 Å². The van der Waals surface area contributed by atoms with Crippen LogP contribution in [-0.2, 0) is 14.3 Å². The zero-order valence-electron chi connectivity index (χ0n) is 16.8. The molecule has 2 rings (SSSR count). The molecule has 0 radical (unpaired) electrons. The smallest absolute Gasteiger partial charge is 0.183 e. The van der Waals surface area contributed by atoms with Gasteiger partial charge in [-0.25, -0.2) is 4.98 Å². The highest BCUT2D eigenvalue weighted by Crippen LogP contribution is 2.00. The highest BCUT2D eigenvalue weighted by molar-refractivity contribution is 9.10. The van der Waals surface area contributed by atoms with Crippen molar-refractivity contribution >= 4 is 27.5 Å². The number of rotatable bonds is 9. The molecule has 0 aliphatic rings. The summed E-state index contributed by atoms with van der Waals surface area (Å²) in [4.78, 5) is 29.5. The van der Waals surface area contributed by atoms with Gasteiger partial charge in [0.15, 0.2) is 5.78 Å². The van der Waals surface area contributed by atoms with Gasteiger partial charge in [0.05, 0.1) is 13.2 Å². The lowest BCUT2D eigenvalue weighted by Crippen LogP contribution is -2.06. The highest BCUT2D eigenvalue weighted by atomic mass is 79.9. The quantitative estimate of drug-likeness (QED) is 0.315. The number of ether oxygens (including phenoxy) is 2. The fraction of sp³-hybridized carbons (Fsp3) is 0.429. The van der Waals surface area contributed by atoms with E-state index in [1.807, 2.05) is 32.0 Å². The molecule has 2 aromatic heterocycles. The Kier molecular flexibility index (Phi) is 17.1. The molecule has 2 aromatic rings. The molecule has 28 heavy (non-hydrogen) atoms. The molecule has 0 atom stereocenters. The number of ketones is 2. The van der Waals surface area contributed by atoms with Crippen LogP contribution in [0, 0.1) is 0 Å². The van der Waals surface area contributed by atoms with Crippen molar-refractivity contribution in [3.8, 4) is 0 Å². The van der Waals surface area contributed by atoms with E-state index in [9.17, 15) is 9.59 Å². The van der Waals surface area contributed by atoms with Crippen LogP contribution in [0.5, 0.6) is 0 Å². The highest BCUT2D eigenvalue weighted by Gasteiger charge is 2.05. The molecule has 0 fully saturated rings. The van der Waals surface area contributed by atoms with Crippen LogP contribution in [0.1, 0.15) is 44.1 Å². The Morgan fingerprint density at radius 2 is 1.46 bits per heavy atom. The molecule has 0 aliphatic carbocycles. The second kappa shape index (κ2) is 18.4. The third kappa shape index (κ3) is 16.2. The first kappa shape index (κ1) is 26.0. The largest absolute Gasteiger partial charge is 0.381 e. The molecular formula is C21H29BrN2O4. The van der Waals surface area contributed by atoms with Crippen molar-refractivity contribution < 1.29 is 19.1 Å². The molecule has 0 spiro atoms. The SMILES string of the molecule is Brc1ccccn1.CCOCCC(=O)c1ccccn1.CCOCCC(C)=O. The van der Waals surface area contributed by atoms with Gasteiger partial charge >= 0.3 is 0 Å². The summed E-state index contributed by atoms with van der Waals surface area (Å²) in [5.74, 6) is 0.229. The van der Waals surface area contributed by atoms with Crippen molar-refractivity contribution in [2.24, 2.45) is 0 Å². The van der Waals surface area contributed by atoms with Crippen LogP contribution < -0.4 is 0 Å². The number of carbonyl (C=O) groups is 2. The summed E-state index contributed by atoms with van der Waals surface area (Å²) < 4.78 is 10.9. The Balaban J connectivity index is 0.000000418. The predicted molar refractivity (Wildman–Crippen MR) is 113 cm³/mol. The van der Waals surface area contributed by atoms with Crippen molar-refractivity contribution in [2.75, 3.05) is 26.4 Å². The van der Waals surface area contributed by atoms with Gasteiger partial charge in [-0.15, -0.1) is 0 Å². The molecule has 0 saturated carbocycles. The fourth-order valence-corrected chi connectivity index (χ4v) is 1.94. The standard InChI is InChI=1S/C10H13NO2.C6H12O2.C5H4BrN/c1-2-13-8-6-10(12)9-5-3-4-7-11-9;1-3-8-5-4-6(2)7;6-5-3-1-2-4-7-5/h3-5,7H,2,6,8H2,1H3;3-5H2,1-2H3;1-4H. The minimum atomic E-state index is 0.0362. The number of hydrogen-bond donors (Lipinski definition) is 0. The Bertz CT molecular complexity index is 639. The number of Topliss-reactive ketones (excluding diaryl/α,β-unsaturated/α-hetero) is 2. The lowest BCUT2D eigenvalue weighted by atomic mass is 10.2. The third-order valence-corrected chi connectivity index (χ3v) is 3.53. The minimum Gasteiger partial charge on any atom is -0.381 e. The van der Waals surface area contributed by atoms with E-state index in [1.54, 1.807) is 37.5 Å². The maximum absolute atomic E-state index is 11.4. The maximum atomic E-state index is 11.4. The monoisotopic (exact) mass is 452 g/mol. The van der Waals surface area contributed by atoms with Gasteiger partial charge in [0, 0.05) is 38.4 Å². The third-order valence-electron chi connectivity index (χ3n) is 3.06. The molecule has 0 amide bonds. The molecular weight excluding hydrogens is 424 g/mol. The van der Waals surface area contributed by atoms with E-state index in [-0.39, 0.29) is 11.6 Å². The average Bonchev–Trinajstić information content (AvgIpc) is 2.70. The Morgan fingerprint density at radius 3 is 1.86 bits per heavy atom. The van der Waals surface area contributed by atoms with Crippen LogP contribution in [0.15, 0.2) is 53.4 Å². The zero-order valence-corrected chi connectivity index (χ0v) is 18.4. The molecule has 0 bridgehead atoms. The minimum absolute atomic E-state index is 0.0362. The van der Waals surface area contributed by atoms with Crippen LogP contribution in [0.25, 0.3) is 0 Å². The summed E-state index contributed by atoms with van der Waals surface area (Å²) in [6.45, 7) is 7.80. The molecule has 0 unspecified atom stereocenters. The van der Waals surface area contributed by atoms with Crippen molar-refractivity contribution in [1.29, 1.82) is 0 Å². The van der Waals surface area contributed by atoms with Gasteiger partial charge in [-0.05, 0) is 61.0 Å². The Labute approximate surface area is 175 Å². The first-order valence-electron chi connectivity index (χ1n) is 9.16. The van der Waals surface area contributed by atoms with Gasteiger partial charge in [-0.2, -0.15) is 0 Å². The van der Waals surface area contributed by atoms with Gasteiger partial charge in [0.25, 0.3) is 0 Å². The summed E-state index contributed by atoms with van der Waals surface area (Å²) in [7, 11) is 0. The average molecular weight is 453 g/mol. The summed E-state index contributed by atoms with van der Waals surface area (Å²) in [6, 6.07) is 11.0. The normalized spacial score (nSPS) is 9.43. The zero-order chi connectivity index (χ0) is 21.0. The second-order valence-electron chi connectivity index (χ2n) is 5.39. The second-order valence-corrected chi connectivity index (χ2v) is 6.20. The van der Waals surface area contributed by atoms with E-state index in [4.69, 9.17) is 9.47 Å². The first-order valence-corrected chi connectivity index (χ1v) is 9.96. The fourth-order valence-electron chi connectivity index (χ4n) is 1.67. The molecule has 0 saturated heterocycles. The maximum Gasteiger partial charge on any atom is 0.183 e. The molecule has 7 heteroatoms. The van der Waals surface area contributed by atoms with E-state index in [0.29, 0.717) is 45.0 Å².